The summed E-state index contributed by atoms with van der Waals surface area (Å²) >= 11 is 0. The summed E-state index contributed by atoms with van der Waals surface area (Å²) < 4.78 is 0. The number of carboxylic acid groups (broad SMARTS) is 1. The predicted octanol–water partition coefficient (Wildman–Crippen LogP) is 1.98. The minimum atomic E-state index is -0.968. The van der Waals surface area contributed by atoms with Gasteiger partial charge in [-0.15, -0.1) is 0 Å². The molecule has 0 aliphatic rings. The fraction of sp³-hybridized carbons (Fsp3) is 0.812. The molecule has 3 N–H and O–H groups in total. The van der Waals surface area contributed by atoms with Gasteiger partial charge in [-0.3, -0.25) is 14.4 Å². The Labute approximate surface area is 134 Å². The lowest BCUT2D eigenvalue weighted by molar-refractivity contribution is -0.138. The quantitative estimate of drug-likeness (QED) is 0.507. The summed E-state index contributed by atoms with van der Waals surface area (Å²) in [6.07, 6.45) is 2.24. The second-order valence-electron chi connectivity index (χ2n) is 5.14. The first-order valence-electron chi connectivity index (χ1n) is 8.08. The number of nitrogens with one attached hydrogen (secondary N) is 2. The first kappa shape index (κ1) is 22.8. The van der Waals surface area contributed by atoms with Crippen molar-refractivity contribution in [3.63, 3.8) is 0 Å². The van der Waals surface area contributed by atoms with Crippen LogP contribution in [-0.2, 0) is 14.4 Å². The van der Waals surface area contributed by atoms with Crippen LogP contribution in [-0.4, -0.2) is 42.4 Å². The van der Waals surface area contributed by atoms with Crippen molar-refractivity contribution in [1.29, 1.82) is 0 Å². The molecule has 0 heterocycles. The SMILES string of the molecule is CC.CNC(CCCCNC(=O)CCC(=O)O)C(=O)C(C)C. The van der Waals surface area contributed by atoms with Crippen molar-refractivity contribution >= 4 is 17.7 Å². The minimum Gasteiger partial charge on any atom is -0.481 e. The molecular formula is C16H32N2O4. The van der Waals surface area contributed by atoms with E-state index in [1.54, 1.807) is 7.05 Å². The first-order chi connectivity index (χ1) is 10.4. The van der Waals surface area contributed by atoms with Crippen LogP contribution in [0, 0.1) is 5.92 Å². The van der Waals surface area contributed by atoms with E-state index < -0.39 is 5.97 Å². The molecule has 0 aliphatic carbocycles. The largest absolute Gasteiger partial charge is 0.481 e. The zero-order chi connectivity index (χ0) is 17.5. The van der Waals surface area contributed by atoms with Crippen molar-refractivity contribution in [3.8, 4) is 0 Å². The van der Waals surface area contributed by atoms with Crippen molar-refractivity contribution in [1.82, 2.24) is 10.6 Å². The van der Waals surface area contributed by atoms with Crippen LogP contribution in [0.4, 0.5) is 0 Å². The van der Waals surface area contributed by atoms with Crippen molar-refractivity contribution in [2.24, 2.45) is 5.92 Å². The number of likely N-dealkylation sites (N-methyl/N-ethyl adjacent to an activating group) is 1. The maximum absolute atomic E-state index is 11.8. The molecule has 1 amide bonds. The smallest absolute Gasteiger partial charge is 0.303 e. The monoisotopic (exact) mass is 316 g/mol. The third-order valence-electron chi connectivity index (χ3n) is 3.07. The van der Waals surface area contributed by atoms with Crippen LogP contribution in [0.2, 0.25) is 0 Å². The molecule has 0 spiro atoms. The van der Waals surface area contributed by atoms with Crippen LogP contribution in [0.1, 0.15) is 59.8 Å². The van der Waals surface area contributed by atoms with Crippen molar-refractivity contribution in [3.05, 3.63) is 0 Å². The van der Waals surface area contributed by atoms with Crippen LogP contribution in [0.5, 0.6) is 0 Å². The number of carboxylic acids is 1. The van der Waals surface area contributed by atoms with E-state index in [9.17, 15) is 14.4 Å². The van der Waals surface area contributed by atoms with E-state index in [0.29, 0.717) is 6.54 Å². The first-order valence-corrected chi connectivity index (χ1v) is 8.08. The summed E-state index contributed by atoms with van der Waals surface area (Å²) in [5.41, 5.74) is 0. The van der Waals surface area contributed by atoms with Crippen molar-refractivity contribution in [2.75, 3.05) is 13.6 Å². The van der Waals surface area contributed by atoms with Gasteiger partial charge in [0.2, 0.25) is 5.91 Å². The van der Waals surface area contributed by atoms with Gasteiger partial charge in [0.1, 0.15) is 0 Å². The molecule has 22 heavy (non-hydrogen) atoms. The number of aliphatic carboxylic acids is 1. The average molecular weight is 316 g/mol. The molecule has 0 aromatic rings. The number of hydrogen-bond acceptors (Lipinski definition) is 4. The molecule has 0 aliphatic heterocycles. The number of ketones is 1. The molecule has 0 aromatic heterocycles. The molecule has 6 heteroatoms. The molecule has 130 valence electrons. The standard InChI is InChI=1S/C14H26N2O4.C2H6/c1-10(2)14(20)11(15-3)6-4-5-9-16-12(17)7-8-13(18)19;1-2/h10-11,15H,4-9H2,1-3H3,(H,16,17)(H,18,19);1-2H3. The zero-order valence-corrected chi connectivity index (χ0v) is 14.6. The van der Waals surface area contributed by atoms with Crippen LogP contribution >= 0.6 is 0 Å². The normalized spacial score (nSPS) is 11.4. The number of Topliss-reactive ketones (excluding diaryl/α,β-unsaturated/α-hetero) is 1. The summed E-state index contributed by atoms with van der Waals surface area (Å²) in [7, 11) is 1.78. The molecule has 6 nitrogen and oxygen atoms in total. The van der Waals surface area contributed by atoms with Crippen LogP contribution < -0.4 is 10.6 Å². The van der Waals surface area contributed by atoms with E-state index in [1.807, 2.05) is 27.7 Å². The van der Waals surface area contributed by atoms with E-state index in [2.05, 4.69) is 10.6 Å². The van der Waals surface area contributed by atoms with Gasteiger partial charge in [0.05, 0.1) is 12.5 Å². The lowest BCUT2D eigenvalue weighted by atomic mass is 9.97. The number of hydrogen-bond donors (Lipinski definition) is 3. The van der Waals surface area contributed by atoms with E-state index in [1.165, 1.54) is 0 Å². The third-order valence-corrected chi connectivity index (χ3v) is 3.07. The lowest BCUT2D eigenvalue weighted by Crippen LogP contribution is -2.36. The average Bonchev–Trinajstić information content (AvgIpc) is 2.50. The van der Waals surface area contributed by atoms with Crippen molar-refractivity contribution in [2.45, 2.75) is 65.8 Å². The topological polar surface area (TPSA) is 95.5 Å². The van der Waals surface area contributed by atoms with Gasteiger partial charge in [-0.1, -0.05) is 27.7 Å². The van der Waals surface area contributed by atoms with Gasteiger partial charge in [-0.25, -0.2) is 0 Å². The number of carbonyl (C=O) groups excluding carboxylic acids is 2. The highest BCUT2D eigenvalue weighted by Gasteiger charge is 2.18. The highest BCUT2D eigenvalue weighted by Crippen LogP contribution is 2.07. The van der Waals surface area contributed by atoms with E-state index in [4.69, 9.17) is 5.11 Å². The van der Waals surface area contributed by atoms with Gasteiger partial charge in [0.25, 0.3) is 0 Å². The minimum absolute atomic E-state index is 0.0142. The lowest BCUT2D eigenvalue weighted by Gasteiger charge is -2.17. The summed E-state index contributed by atoms with van der Waals surface area (Å²) in [5, 5.41) is 14.1. The van der Waals surface area contributed by atoms with Gasteiger partial charge in [-0.2, -0.15) is 0 Å². The highest BCUT2D eigenvalue weighted by atomic mass is 16.4. The van der Waals surface area contributed by atoms with E-state index in [0.717, 1.165) is 19.3 Å². The fourth-order valence-electron chi connectivity index (χ4n) is 1.84. The number of amides is 1. The maximum Gasteiger partial charge on any atom is 0.303 e. The molecular weight excluding hydrogens is 284 g/mol. The third kappa shape index (κ3) is 12.3. The number of carbonyl (C=O) groups is 3. The molecule has 0 aromatic carbocycles. The van der Waals surface area contributed by atoms with Crippen LogP contribution in [0.3, 0.4) is 0 Å². The summed E-state index contributed by atoms with van der Waals surface area (Å²) in [4.78, 5) is 33.4. The molecule has 0 rings (SSSR count). The van der Waals surface area contributed by atoms with Gasteiger partial charge in [-0.05, 0) is 26.3 Å². The summed E-state index contributed by atoms with van der Waals surface area (Å²) in [5.74, 6) is -0.985. The Morgan fingerprint density at radius 3 is 2.09 bits per heavy atom. The molecule has 0 saturated heterocycles. The summed E-state index contributed by atoms with van der Waals surface area (Å²) in [6.45, 7) is 8.29. The van der Waals surface area contributed by atoms with Crippen molar-refractivity contribution < 1.29 is 19.5 Å². The molecule has 0 fully saturated rings. The molecule has 0 saturated carbocycles. The molecule has 0 bridgehead atoms. The van der Waals surface area contributed by atoms with Gasteiger partial charge in [0, 0.05) is 18.9 Å². The Morgan fingerprint density at radius 2 is 1.64 bits per heavy atom. The summed E-state index contributed by atoms with van der Waals surface area (Å²) in [6, 6.07) is -0.127. The van der Waals surface area contributed by atoms with E-state index >= 15 is 0 Å². The molecule has 1 unspecified atom stereocenters. The van der Waals surface area contributed by atoms with Gasteiger partial charge in [0.15, 0.2) is 5.78 Å². The molecule has 1 atom stereocenters. The predicted molar refractivity (Wildman–Crippen MR) is 87.8 cm³/mol. The van der Waals surface area contributed by atoms with Gasteiger partial charge >= 0.3 is 5.97 Å². The van der Waals surface area contributed by atoms with E-state index in [-0.39, 0.29) is 36.5 Å². The second-order valence-corrected chi connectivity index (χ2v) is 5.14. The second kappa shape index (κ2) is 14.5. The van der Waals surface area contributed by atoms with Gasteiger partial charge < -0.3 is 15.7 Å². The Kier molecular flexibility index (Phi) is 15.1. The Morgan fingerprint density at radius 1 is 1.05 bits per heavy atom. The van der Waals surface area contributed by atoms with Crippen LogP contribution in [0.15, 0.2) is 0 Å². The Balaban J connectivity index is 0. The Hall–Kier alpha value is -1.43. The Bertz CT molecular complexity index is 330. The zero-order valence-electron chi connectivity index (χ0n) is 14.6. The molecule has 0 radical (unpaired) electrons. The number of unbranched alkanes of at least 4 members (excludes halogenated alkanes) is 1. The maximum atomic E-state index is 11.8. The number of rotatable bonds is 11. The fourth-order valence-corrected chi connectivity index (χ4v) is 1.84. The highest BCUT2D eigenvalue weighted by molar-refractivity contribution is 5.85. The van der Waals surface area contributed by atoms with Crippen LogP contribution in [0.25, 0.3) is 0 Å².